The van der Waals surface area contributed by atoms with Gasteiger partial charge >= 0.3 is 5.97 Å². The van der Waals surface area contributed by atoms with Gasteiger partial charge in [0.2, 0.25) is 0 Å². The van der Waals surface area contributed by atoms with E-state index in [-0.39, 0.29) is 18.3 Å². The molecule has 0 unspecified atom stereocenters. The molecule has 2 aromatic carbocycles. The molecule has 0 aromatic heterocycles. The lowest BCUT2D eigenvalue weighted by Gasteiger charge is -2.36. The van der Waals surface area contributed by atoms with Crippen LogP contribution >= 0.6 is 23.2 Å². The zero-order valence-corrected chi connectivity index (χ0v) is 21.5. The average molecular weight is 516 g/mol. The molecule has 0 bridgehead atoms. The van der Waals surface area contributed by atoms with E-state index in [4.69, 9.17) is 37.4 Å². The summed E-state index contributed by atoms with van der Waals surface area (Å²) in [6.07, 6.45) is 0.894. The smallest absolute Gasteiger partial charge is 0.336 e. The largest absolute Gasteiger partial charge is 0.493 e. The molecule has 8 heteroatoms. The van der Waals surface area contributed by atoms with Gasteiger partial charge < -0.3 is 19.5 Å². The van der Waals surface area contributed by atoms with Crippen LogP contribution in [0, 0.1) is 0 Å². The van der Waals surface area contributed by atoms with Gasteiger partial charge in [-0.05, 0) is 61.6 Å². The van der Waals surface area contributed by atoms with Crippen molar-refractivity contribution in [2.24, 2.45) is 0 Å². The zero-order chi connectivity index (χ0) is 25.3. The molecule has 6 nitrogen and oxygen atoms in total. The highest BCUT2D eigenvalue weighted by Gasteiger charge is 2.41. The summed E-state index contributed by atoms with van der Waals surface area (Å²) in [5, 5.41) is 4.10. The number of benzene rings is 2. The molecule has 0 fully saturated rings. The van der Waals surface area contributed by atoms with Crippen molar-refractivity contribution < 1.29 is 23.8 Å². The first-order valence-electron chi connectivity index (χ1n) is 11.4. The van der Waals surface area contributed by atoms with Crippen LogP contribution in [-0.2, 0) is 14.3 Å². The maximum atomic E-state index is 13.7. The van der Waals surface area contributed by atoms with E-state index in [2.05, 4.69) is 5.32 Å². The predicted octanol–water partition coefficient (Wildman–Crippen LogP) is 5.94. The fraction of sp³-hybridized carbons (Fsp3) is 0.333. The van der Waals surface area contributed by atoms with Crippen molar-refractivity contribution >= 4 is 35.0 Å². The van der Waals surface area contributed by atoms with E-state index in [0.29, 0.717) is 56.8 Å². The number of halogens is 2. The van der Waals surface area contributed by atoms with Crippen molar-refractivity contribution in [3.05, 3.63) is 80.1 Å². The van der Waals surface area contributed by atoms with Crippen molar-refractivity contribution in [2.45, 2.75) is 38.5 Å². The molecular formula is C27H27Cl2NO5. The molecule has 1 aliphatic heterocycles. The molecule has 0 radical (unpaired) electrons. The topological polar surface area (TPSA) is 73.9 Å². The molecule has 2 atom stereocenters. The van der Waals surface area contributed by atoms with Crippen molar-refractivity contribution in [3.8, 4) is 11.5 Å². The van der Waals surface area contributed by atoms with Crippen LogP contribution in [0.5, 0.6) is 11.5 Å². The number of rotatable bonds is 6. The zero-order valence-electron chi connectivity index (χ0n) is 20.0. The van der Waals surface area contributed by atoms with Crippen molar-refractivity contribution in [2.75, 3.05) is 20.8 Å². The molecule has 1 N–H and O–H groups in total. The molecule has 0 spiro atoms. The van der Waals surface area contributed by atoms with Crippen molar-refractivity contribution in [3.63, 3.8) is 0 Å². The Morgan fingerprint density at radius 2 is 1.71 bits per heavy atom. The minimum absolute atomic E-state index is 0.0381. The second kappa shape index (κ2) is 10.3. The minimum Gasteiger partial charge on any atom is -0.493 e. The van der Waals surface area contributed by atoms with Crippen LogP contribution in [0.4, 0.5) is 0 Å². The fourth-order valence-electron chi connectivity index (χ4n) is 4.89. The van der Waals surface area contributed by atoms with E-state index in [1.54, 1.807) is 39.3 Å². The summed E-state index contributed by atoms with van der Waals surface area (Å²) in [4.78, 5) is 26.7. The molecule has 0 amide bonds. The second-order valence-corrected chi connectivity index (χ2v) is 9.34. The summed E-state index contributed by atoms with van der Waals surface area (Å²) in [5.41, 5.74) is 4.11. The Kier molecular flexibility index (Phi) is 7.43. The van der Waals surface area contributed by atoms with Gasteiger partial charge in [-0.15, -0.1) is 0 Å². The number of methoxy groups -OCH3 is 2. The third kappa shape index (κ3) is 4.78. The van der Waals surface area contributed by atoms with E-state index in [0.717, 1.165) is 11.3 Å². The SMILES string of the molecule is CCOC(=O)C1=C(C)NC2=C(C(=O)C[C@@H](c3ccc(OC)c(OC)c3)C2)[C@H]1c1ccc(Cl)c(Cl)c1. The van der Waals surface area contributed by atoms with E-state index < -0.39 is 11.9 Å². The molecule has 2 aromatic rings. The monoisotopic (exact) mass is 515 g/mol. The van der Waals surface area contributed by atoms with Gasteiger partial charge in [0.1, 0.15) is 0 Å². The lowest BCUT2D eigenvalue weighted by Crippen LogP contribution is -2.36. The van der Waals surface area contributed by atoms with Gasteiger partial charge in [0.15, 0.2) is 17.3 Å². The van der Waals surface area contributed by atoms with Crippen LogP contribution in [0.15, 0.2) is 58.9 Å². The summed E-state index contributed by atoms with van der Waals surface area (Å²) in [6.45, 7) is 3.80. The Hall–Kier alpha value is -2.96. The Morgan fingerprint density at radius 3 is 2.37 bits per heavy atom. The van der Waals surface area contributed by atoms with E-state index in [1.165, 1.54) is 0 Å². The molecule has 1 heterocycles. The number of Topliss-reactive ketones (excluding diaryl/α,β-unsaturated/α-hetero) is 1. The summed E-state index contributed by atoms with van der Waals surface area (Å²) in [5.74, 6) is 0.0903. The second-order valence-electron chi connectivity index (χ2n) is 8.53. The van der Waals surface area contributed by atoms with Gasteiger partial charge in [0, 0.05) is 29.3 Å². The summed E-state index contributed by atoms with van der Waals surface area (Å²) in [7, 11) is 3.17. The maximum Gasteiger partial charge on any atom is 0.336 e. The van der Waals surface area contributed by atoms with E-state index in [9.17, 15) is 9.59 Å². The van der Waals surface area contributed by atoms with Crippen LogP contribution < -0.4 is 14.8 Å². The quantitative estimate of drug-likeness (QED) is 0.480. The Bertz CT molecular complexity index is 1250. The number of dihydropyridines is 1. The van der Waals surface area contributed by atoms with E-state index >= 15 is 0 Å². The first kappa shape index (κ1) is 25.1. The first-order valence-corrected chi connectivity index (χ1v) is 12.1. The van der Waals surface area contributed by atoms with Crippen LogP contribution in [0.1, 0.15) is 49.7 Å². The lowest BCUT2D eigenvalue weighted by atomic mass is 9.71. The fourth-order valence-corrected chi connectivity index (χ4v) is 5.19. The first-order chi connectivity index (χ1) is 16.8. The van der Waals surface area contributed by atoms with Gasteiger partial charge in [0.05, 0.1) is 36.4 Å². The number of allylic oxidation sites excluding steroid dienone is 3. The van der Waals surface area contributed by atoms with Crippen molar-refractivity contribution in [1.29, 1.82) is 0 Å². The Morgan fingerprint density at radius 1 is 1.00 bits per heavy atom. The molecular weight excluding hydrogens is 489 g/mol. The molecule has 1 aliphatic carbocycles. The molecule has 2 aliphatic rings. The lowest BCUT2D eigenvalue weighted by molar-refractivity contribution is -0.138. The highest BCUT2D eigenvalue weighted by atomic mass is 35.5. The summed E-state index contributed by atoms with van der Waals surface area (Å²) >= 11 is 12.5. The van der Waals surface area contributed by atoms with Gasteiger partial charge in [-0.2, -0.15) is 0 Å². The Labute approximate surface area is 214 Å². The van der Waals surface area contributed by atoms with Gasteiger partial charge in [0.25, 0.3) is 0 Å². The number of esters is 1. The van der Waals surface area contributed by atoms with Crippen molar-refractivity contribution in [1.82, 2.24) is 5.32 Å². The predicted molar refractivity (Wildman–Crippen MR) is 135 cm³/mol. The van der Waals surface area contributed by atoms with Crippen LogP contribution in [-0.4, -0.2) is 32.6 Å². The van der Waals surface area contributed by atoms with Crippen LogP contribution in [0.25, 0.3) is 0 Å². The third-order valence-electron chi connectivity index (χ3n) is 6.48. The van der Waals surface area contributed by atoms with Gasteiger partial charge in [-0.25, -0.2) is 4.79 Å². The average Bonchev–Trinajstić information content (AvgIpc) is 2.84. The molecule has 0 saturated carbocycles. The third-order valence-corrected chi connectivity index (χ3v) is 7.22. The van der Waals surface area contributed by atoms with Gasteiger partial charge in [-0.1, -0.05) is 35.3 Å². The molecule has 0 saturated heterocycles. The number of hydrogen-bond donors (Lipinski definition) is 1. The highest BCUT2D eigenvalue weighted by molar-refractivity contribution is 6.42. The highest BCUT2D eigenvalue weighted by Crippen LogP contribution is 2.47. The summed E-state index contributed by atoms with van der Waals surface area (Å²) < 4.78 is 16.2. The standard InChI is InChI=1S/C27H27Cl2NO5/c1-5-35-27(32)24-14(2)30-20-11-17(15-7-9-22(33-3)23(13-15)34-4)12-21(31)26(20)25(24)16-6-8-18(28)19(29)10-16/h6-10,13,17,25,30H,5,11-12H2,1-4H3/t17-,25-/m0/s1. The number of ketones is 1. The van der Waals surface area contributed by atoms with E-state index in [1.807, 2.05) is 25.1 Å². The molecule has 35 heavy (non-hydrogen) atoms. The van der Waals surface area contributed by atoms with Crippen LogP contribution in [0.3, 0.4) is 0 Å². The normalized spacial score (nSPS) is 19.8. The summed E-state index contributed by atoms with van der Waals surface area (Å²) in [6, 6.07) is 10.9. The number of nitrogens with one attached hydrogen (secondary N) is 1. The number of ether oxygens (including phenoxy) is 3. The molecule has 4 rings (SSSR count). The van der Waals surface area contributed by atoms with Crippen LogP contribution in [0.2, 0.25) is 10.0 Å². The van der Waals surface area contributed by atoms with Gasteiger partial charge in [-0.3, -0.25) is 4.79 Å². The maximum absolute atomic E-state index is 13.7. The number of hydrogen-bond acceptors (Lipinski definition) is 6. The minimum atomic E-state index is -0.598. The number of carbonyl (C=O) groups is 2. The Balaban J connectivity index is 1.79. The molecule has 184 valence electrons. The number of carbonyl (C=O) groups excluding carboxylic acids is 2.